The molecule has 0 aromatic heterocycles. The molecular formula is C11H13FN2O. The van der Waals surface area contributed by atoms with Crippen molar-refractivity contribution >= 4 is 11.6 Å². The molecule has 0 bridgehead atoms. The Kier molecular flexibility index (Phi) is 2.68. The fourth-order valence-electron chi connectivity index (χ4n) is 1.69. The van der Waals surface area contributed by atoms with Crippen molar-refractivity contribution in [3.8, 4) is 0 Å². The average Bonchev–Trinajstić information content (AvgIpc) is 2.20. The van der Waals surface area contributed by atoms with Crippen molar-refractivity contribution in [2.75, 3.05) is 24.5 Å². The van der Waals surface area contributed by atoms with Gasteiger partial charge in [0.1, 0.15) is 5.82 Å². The van der Waals surface area contributed by atoms with Gasteiger partial charge in [-0.05, 0) is 24.6 Å². The van der Waals surface area contributed by atoms with E-state index in [0.29, 0.717) is 18.8 Å². The first-order chi connectivity index (χ1) is 7.18. The zero-order chi connectivity index (χ0) is 10.8. The second kappa shape index (κ2) is 3.98. The molecule has 4 heteroatoms. The number of aryl methyl sites for hydroxylation is 1. The zero-order valence-electron chi connectivity index (χ0n) is 8.59. The molecule has 0 saturated carbocycles. The Morgan fingerprint density at radius 3 is 2.93 bits per heavy atom. The smallest absolute Gasteiger partial charge is 0.241 e. The molecule has 0 unspecified atom stereocenters. The first kappa shape index (κ1) is 10.1. The molecule has 1 amide bonds. The van der Waals surface area contributed by atoms with Crippen LogP contribution in [0.1, 0.15) is 5.56 Å². The number of piperazine rings is 1. The maximum Gasteiger partial charge on any atom is 0.241 e. The van der Waals surface area contributed by atoms with Gasteiger partial charge in [0.05, 0.1) is 12.2 Å². The normalized spacial score (nSPS) is 16.9. The highest BCUT2D eigenvalue weighted by Crippen LogP contribution is 2.20. The third-order valence-corrected chi connectivity index (χ3v) is 2.48. The van der Waals surface area contributed by atoms with E-state index in [1.807, 2.05) is 13.0 Å². The molecule has 0 atom stereocenters. The van der Waals surface area contributed by atoms with Crippen LogP contribution in [0.2, 0.25) is 0 Å². The lowest BCUT2D eigenvalue weighted by atomic mass is 10.2. The maximum atomic E-state index is 13.6. The number of anilines is 1. The SMILES string of the molecule is Cc1ccc(N2CCNCC2=O)c(F)c1. The van der Waals surface area contributed by atoms with Crippen LogP contribution in [0.15, 0.2) is 18.2 Å². The monoisotopic (exact) mass is 208 g/mol. The van der Waals surface area contributed by atoms with Gasteiger partial charge >= 0.3 is 0 Å². The molecule has 0 spiro atoms. The molecule has 1 N–H and O–H groups in total. The van der Waals surface area contributed by atoms with Gasteiger partial charge in [0.25, 0.3) is 0 Å². The number of carbonyl (C=O) groups excluding carboxylic acids is 1. The van der Waals surface area contributed by atoms with Crippen LogP contribution in [0.5, 0.6) is 0 Å². The minimum absolute atomic E-state index is 0.0796. The van der Waals surface area contributed by atoms with E-state index >= 15 is 0 Å². The fourth-order valence-corrected chi connectivity index (χ4v) is 1.69. The van der Waals surface area contributed by atoms with Crippen LogP contribution < -0.4 is 10.2 Å². The van der Waals surface area contributed by atoms with E-state index in [4.69, 9.17) is 0 Å². The molecule has 0 aliphatic carbocycles. The van der Waals surface area contributed by atoms with Crippen molar-refractivity contribution in [1.29, 1.82) is 0 Å². The second-order valence-electron chi connectivity index (χ2n) is 3.68. The summed E-state index contributed by atoms with van der Waals surface area (Å²) in [5.74, 6) is -0.408. The largest absolute Gasteiger partial charge is 0.307 e. The van der Waals surface area contributed by atoms with E-state index in [-0.39, 0.29) is 18.3 Å². The van der Waals surface area contributed by atoms with Crippen LogP contribution in [0.25, 0.3) is 0 Å². The molecule has 15 heavy (non-hydrogen) atoms. The molecule has 1 fully saturated rings. The Bertz CT molecular complexity index is 392. The van der Waals surface area contributed by atoms with Gasteiger partial charge in [-0.2, -0.15) is 0 Å². The maximum absolute atomic E-state index is 13.6. The van der Waals surface area contributed by atoms with Crippen LogP contribution >= 0.6 is 0 Å². The molecule has 1 aliphatic rings. The minimum Gasteiger partial charge on any atom is -0.307 e. The van der Waals surface area contributed by atoms with Crippen LogP contribution in [0.3, 0.4) is 0 Å². The molecule has 1 saturated heterocycles. The number of hydrogen-bond acceptors (Lipinski definition) is 2. The van der Waals surface area contributed by atoms with Crippen molar-refractivity contribution in [1.82, 2.24) is 5.32 Å². The van der Waals surface area contributed by atoms with E-state index < -0.39 is 0 Å². The van der Waals surface area contributed by atoms with Gasteiger partial charge in [-0.1, -0.05) is 6.07 Å². The first-order valence-corrected chi connectivity index (χ1v) is 4.96. The molecule has 1 heterocycles. The van der Waals surface area contributed by atoms with Gasteiger partial charge in [-0.3, -0.25) is 4.79 Å². The molecule has 0 radical (unpaired) electrons. The molecule has 1 aromatic carbocycles. The number of nitrogens with zero attached hydrogens (tertiary/aromatic N) is 1. The van der Waals surface area contributed by atoms with E-state index in [1.54, 1.807) is 6.07 Å². The minimum atomic E-state index is -0.328. The molecule has 1 aliphatic heterocycles. The summed E-state index contributed by atoms with van der Waals surface area (Å²) in [5, 5.41) is 2.95. The van der Waals surface area contributed by atoms with Crippen molar-refractivity contribution in [2.45, 2.75) is 6.92 Å². The van der Waals surface area contributed by atoms with Crippen molar-refractivity contribution in [3.05, 3.63) is 29.6 Å². The highest BCUT2D eigenvalue weighted by molar-refractivity contribution is 5.95. The fraction of sp³-hybridized carbons (Fsp3) is 0.364. The number of nitrogens with one attached hydrogen (secondary N) is 1. The summed E-state index contributed by atoms with van der Waals surface area (Å²) in [4.78, 5) is 13.0. The lowest BCUT2D eigenvalue weighted by Gasteiger charge is -2.27. The Morgan fingerprint density at radius 1 is 1.47 bits per heavy atom. The van der Waals surface area contributed by atoms with Crippen molar-refractivity contribution in [3.63, 3.8) is 0 Å². The quantitative estimate of drug-likeness (QED) is 0.748. The van der Waals surface area contributed by atoms with Crippen molar-refractivity contribution < 1.29 is 9.18 Å². The lowest BCUT2D eigenvalue weighted by Crippen LogP contribution is -2.48. The summed E-state index contributed by atoms with van der Waals surface area (Å²) in [7, 11) is 0. The zero-order valence-corrected chi connectivity index (χ0v) is 8.59. The molecular weight excluding hydrogens is 195 g/mol. The second-order valence-corrected chi connectivity index (χ2v) is 3.68. The summed E-state index contributed by atoms with van der Waals surface area (Å²) < 4.78 is 13.6. The van der Waals surface area contributed by atoms with E-state index in [0.717, 1.165) is 5.56 Å². The van der Waals surface area contributed by atoms with Gasteiger partial charge in [-0.25, -0.2) is 4.39 Å². The highest BCUT2D eigenvalue weighted by Gasteiger charge is 2.21. The van der Waals surface area contributed by atoms with Gasteiger partial charge in [0.15, 0.2) is 0 Å². The summed E-state index contributed by atoms with van der Waals surface area (Å²) >= 11 is 0. The lowest BCUT2D eigenvalue weighted by molar-refractivity contribution is -0.118. The molecule has 3 nitrogen and oxygen atoms in total. The van der Waals surface area contributed by atoms with Crippen LogP contribution in [-0.4, -0.2) is 25.5 Å². The topological polar surface area (TPSA) is 32.3 Å². The number of benzene rings is 1. The molecule has 2 rings (SSSR count). The highest BCUT2D eigenvalue weighted by atomic mass is 19.1. The standard InChI is InChI=1S/C11H13FN2O/c1-8-2-3-10(9(12)6-8)14-5-4-13-7-11(14)15/h2-3,6,13H,4-5,7H2,1H3. The van der Waals surface area contributed by atoms with Gasteiger partial charge in [0, 0.05) is 13.1 Å². The molecule has 1 aromatic rings. The predicted octanol–water partition coefficient (Wildman–Crippen LogP) is 1.07. The number of amides is 1. The van der Waals surface area contributed by atoms with Gasteiger partial charge < -0.3 is 10.2 Å². The van der Waals surface area contributed by atoms with Crippen LogP contribution in [0.4, 0.5) is 10.1 Å². The summed E-state index contributed by atoms with van der Waals surface area (Å²) in [6.07, 6.45) is 0. The summed E-state index contributed by atoms with van der Waals surface area (Å²) in [5.41, 5.74) is 1.24. The van der Waals surface area contributed by atoms with Gasteiger partial charge in [-0.15, -0.1) is 0 Å². The first-order valence-electron chi connectivity index (χ1n) is 4.96. The third-order valence-electron chi connectivity index (χ3n) is 2.48. The van der Waals surface area contributed by atoms with E-state index in [1.165, 1.54) is 11.0 Å². The Balaban J connectivity index is 2.31. The average molecular weight is 208 g/mol. The third kappa shape index (κ3) is 1.99. The van der Waals surface area contributed by atoms with Crippen LogP contribution in [0, 0.1) is 12.7 Å². The molecule has 80 valence electrons. The number of carbonyl (C=O) groups is 1. The Morgan fingerprint density at radius 2 is 2.27 bits per heavy atom. The predicted molar refractivity (Wildman–Crippen MR) is 56.4 cm³/mol. The Hall–Kier alpha value is -1.42. The summed E-state index contributed by atoms with van der Waals surface area (Å²) in [6.45, 7) is 3.34. The number of rotatable bonds is 1. The number of halogens is 1. The summed E-state index contributed by atoms with van der Waals surface area (Å²) in [6, 6.07) is 4.92. The van der Waals surface area contributed by atoms with Crippen LogP contribution in [-0.2, 0) is 4.79 Å². The van der Waals surface area contributed by atoms with E-state index in [9.17, 15) is 9.18 Å². The number of hydrogen-bond donors (Lipinski definition) is 1. The van der Waals surface area contributed by atoms with Gasteiger partial charge in [0.2, 0.25) is 5.91 Å². The van der Waals surface area contributed by atoms with Crippen molar-refractivity contribution in [2.24, 2.45) is 0 Å². The van der Waals surface area contributed by atoms with E-state index in [2.05, 4.69) is 5.32 Å². The Labute approximate surface area is 87.9 Å².